The Morgan fingerprint density at radius 3 is 2.57 bits per heavy atom. The molecule has 2 N–H and O–H groups in total. The van der Waals surface area contributed by atoms with Crippen molar-refractivity contribution in [1.82, 2.24) is 4.72 Å². The summed E-state index contributed by atoms with van der Waals surface area (Å²) in [6.07, 6.45) is 6.56. The van der Waals surface area contributed by atoms with Crippen LogP contribution in [0, 0.1) is 12.3 Å². The van der Waals surface area contributed by atoms with Crippen LogP contribution >= 0.6 is 0 Å². The average molecular weight is 309 g/mol. The van der Waals surface area contributed by atoms with Crippen LogP contribution in [0.2, 0.25) is 0 Å². The Morgan fingerprint density at radius 2 is 2.10 bits per heavy atom. The van der Waals surface area contributed by atoms with E-state index >= 15 is 0 Å². The minimum Gasteiger partial charge on any atom is -0.478 e. The Morgan fingerprint density at radius 1 is 1.43 bits per heavy atom. The highest BCUT2D eigenvalue weighted by atomic mass is 32.2. The van der Waals surface area contributed by atoms with E-state index in [0.717, 1.165) is 0 Å². The molecule has 0 spiro atoms. The molecule has 1 aromatic carbocycles. The largest absolute Gasteiger partial charge is 0.478 e. The maximum atomic E-state index is 12.3. The average Bonchev–Trinajstić information content (AvgIpc) is 2.45. The maximum absolute atomic E-state index is 12.3. The van der Waals surface area contributed by atoms with Gasteiger partial charge in [0.15, 0.2) is 0 Å². The van der Waals surface area contributed by atoms with E-state index in [4.69, 9.17) is 11.5 Å². The molecule has 1 aromatic rings. The Labute approximate surface area is 125 Å². The maximum Gasteiger partial charge on any atom is 0.336 e. The quantitative estimate of drug-likeness (QED) is 0.755. The number of terminal acetylenes is 1. The fourth-order valence-corrected chi connectivity index (χ4v) is 3.27. The number of aryl methyl sites for hydroxylation is 1. The van der Waals surface area contributed by atoms with Gasteiger partial charge in [0.2, 0.25) is 10.0 Å². The van der Waals surface area contributed by atoms with Gasteiger partial charge in [0.1, 0.15) is 0 Å². The van der Waals surface area contributed by atoms with Crippen LogP contribution in [0.25, 0.3) is 0 Å². The summed E-state index contributed by atoms with van der Waals surface area (Å²) in [5.41, 5.74) is 0.600. The summed E-state index contributed by atoms with van der Waals surface area (Å²) in [5.74, 6) is 1.28. The molecule has 0 saturated heterocycles. The van der Waals surface area contributed by atoms with E-state index in [1.54, 1.807) is 0 Å². The molecule has 0 radical (unpaired) electrons. The van der Waals surface area contributed by atoms with Crippen LogP contribution in [0.3, 0.4) is 0 Å². The molecule has 5 nitrogen and oxygen atoms in total. The number of rotatable bonds is 7. The normalized spacial score (nSPS) is 12.6. The van der Waals surface area contributed by atoms with Crippen LogP contribution in [0.4, 0.5) is 0 Å². The highest BCUT2D eigenvalue weighted by Gasteiger charge is 2.21. The van der Waals surface area contributed by atoms with E-state index in [1.165, 1.54) is 18.2 Å². The standard InChI is InChI=1S/C15H19NO4S/c1-4-7-12(6-3)16-21(19,20)13-9-8-11(5-2)14(10-13)15(17)18/h1,8-10,12,16H,5-7H2,2-3H3,(H,17,18). The number of sulfonamides is 1. The lowest BCUT2D eigenvalue weighted by Gasteiger charge is -2.15. The third kappa shape index (κ3) is 4.31. The van der Waals surface area contributed by atoms with Gasteiger partial charge in [0, 0.05) is 12.5 Å². The van der Waals surface area contributed by atoms with E-state index in [9.17, 15) is 13.2 Å². The molecule has 21 heavy (non-hydrogen) atoms. The van der Waals surface area contributed by atoms with Crippen LogP contribution in [0.1, 0.15) is 42.6 Å². The van der Waals surface area contributed by atoms with Gasteiger partial charge in [-0.2, -0.15) is 0 Å². The zero-order valence-electron chi connectivity index (χ0n) is 12.1. The molecule has 0 aliphatic heterocycles. The molecule has 114 valence electrons. The zero-order chi connectivity index (χ0) is 16.0. The van der Waals surface area contributed by atoms with Crippen molar-refractivity contribution in [2.24, 2.45) is 0 Å². The van der Waals surface area contributed by atoms with Crippen molar-refractivity contribution in [1.29, 1.82) is 0 Å². The third-order valence-electron chi connectivity index (χ3n) is 3.18. The summed E-state index contributed by atoms with van der Waals surface area (Å²) >= 11 is 0. The lowest BCUT2D eigenvalue weighted by molar-refractivity contribution is 0.0695. The first-order valence-electron chi connectivity index (χ1n) is 6.67. The van der Waals surface area contributed by atoms with Gasteiger partial charge in [-0.3, -0.25) is 0 Å². The molecule has 6 heteroatoms. The molecule has 0 aliphatic rings. The predicted octanol–water partition coefficient (Wildman–Crippen LogP) is 2.03. The summed E-state index contributed by atoms with van der Waals surface area (Å²) in [7, 11) is -3.78. The van der Waals surface area contributed by atoms with Gasteiger partial charge in [-0.1, -0.05) is 19.9 Å². The first kappa shape index (κ1) is 17.2. The van der Waals surface area contributed by atoms with Crippen LogP contribution in [0.5, 0.6) is 0 Å². The zero-order valence-corrected chi connectivity index (χ0v) is 12.9. The van der Waals surface area contributed by atoms with Crippen LogP contribution in [-0.4, -0.2) is 25.5 Å². The topological polar surface area (TPSA) is 83.5 Å². The first-order valence-corrected chi connectivity index (χ1v) is 8.16. The fourth-order valence-electron chi connectivity index (χ4n) is 1.93. The number of aromatic carboxylic acids is 1. The summed E-state index contributed by atoms with van der Waals surface area (Å²) < 4.78 is 27.1. The van der Waals surface area contributed by atoms with E-state index < -0.39 is 16.0 Å². The molecular formula is C15H19NO4S. The van der Waals surface area contributed by atoms with Crippen molar-refractivity contribution in [3.8, 4) is 12.3 Å². The monoisotopic (exact) mass is 309 g/mol. The van der Waals surface area contributed by atoms with Crippen molar-refractivity contribution >= 4 is 16.0 Å². The van der Waals surface area contributed by atoms with Crippen molar-refractivity contribution in [2.75, 3.05) is 0 Å². The number of hydrogen-bond acceptors (Lipinski definition) is 3. The SMILES string of the molecule is C#CCC(CC)NS(=O)(=O)c1ccc(CC)c(C(=O)O)c1. The highest BCUT2D eigenvalue weighted by Crippen LogP contribution is 2.18. The van der Waals surface area contributed by atoms with Crippen LogP contribution < -0.4 is 4.72 Å². The first-order chi connectivity index (χ1) is 9.85. The van der Waals surface area contributed by atoms with Crippen molar-refractivity contribution < 1.29 is 18.3 Å². The number of nitrogens with one attached hydrogen (secondary N) is 1. The van der Waals surface area contributed by atoms with Crippen molar-refractivity contribution in [3.63, 3.8) is 0 Å². The number of carbonyl (C=O) groups is 1. The van der Waals surface area contributed by atoms with Gasteiger partial charge >= 0.3 is 5.97 Å². The van der Waals surface area contributed by atoms with E-state index in [-0.39, 0.29) is 22.9 Å². The van der Waals surface area contributed by atoms with Gasteiger partial charge < -0.3 is 5.11 Å². The van der Waals surface area contributed by atoms with Crippen molar-refractivity contribution in [2.45, 2.75) is 44.0 Å². The number of carboxylic acids is 1. The minimum atomic E-state index is -3.78. The molecule has 0 saturated carbocycles. The molecule has 0 amide bonds. The Kier molecular flexibility index (Phi) is 5.94. The van der Waals surface area contributed by atoms with Gasteiger partial charge in [0.05, 0.1) is 10.5 Å². The molecule has 0 heterocycles. The summed E-state index contributed by atoms with van der Waals surface area (Å²) in [5, 5.41) is 9.16. The Balaban J connectivity index is 3.17. The summed E-state index contributed by atoms with van der Waals surface area (Å²) in [6.45, 7) is 3.64. The summed E-state index contributed by atoms with van der Waals surface area (Å²) in [6, 6.07) is 3.77. The smallest absolute Gasteiger partial charge is 0.336 e. The Bertz CT molecular complexity index is 659. The van der Waals surface area contributed by atoms with Gasteiger partial charge in [0.25, 0.3) is 0 Å². The molecule has 1 unspecified atom stereocenters. The highest BCUT2D eigenvalue weighted by molar-refractivity contribution is 7.89. The van der Waals surface area contributed by atoms with E-state index in [1.807, 2.05) is 13.8 Å². The van der Waals surface area contributed by atoms with Crippen LogP contribution in [0.15, 0.2) is 23.1 Å². The molecular weight excluding hydrogens is 290 g/mol. The molecule has 0 bridgehead atoms. The lowest BCUT2D eigenvalue weighted by Crippen LogP contribution is -2.34. The van der Waals surface area contributed by atoms with Crippen molar-refractivity contribution in [3.05, 3.63) is 29.3 Å². The second-order valence-corrected chi connectivity index (χ2v) is 6.33. The number of hydrogen-bond donors (Lipinski definition) is 2. The van der Waals surface area contributed by atoms with E-state index in [0.29, 0.717) is 18.4 Å². The second-order valence-electron chi connectivity index (χ2n) is 4.61. The molecule has 0 aliphatic carbocycles. The van der Waals surface area contributed by atoms with Gasteiger partial charge in [-0.25, -0.2) is 17.9 Å². The minimum absolute atomic E-state index is 0.00498. The molecule has 1 atom stereocenters. The lowest BCUT2D eigenvalue weighted by atomic mass is 10.1. The molecule has 1 rings (SSSR count). The van der Waals surface area contributed by atoms with E-state index in [2.05, 4.69) is 10.6 Å². The third-order valence-corrected chi connectivity index (χ3v) is 4.70. The predicted molar refractivity (Wildman–Crippen MR) is 80.6 cm³/mol. The van der Waals surface area contributed by atoms with Gasteiger partial charge in [-0.15, -0.1) is 12.3 Å². The van der Waals surface area contributed by atoms with Gasteiger partial charge in [-0.05, 0) is 30.5 Å². The second kappa shape index (κ2) is 7.25. The molecule has 0 aromatic heterocycles. The number of benzene rings is 1. The van der Waals surface area contributed by atoms with Crippen LogP contribution in [-0.2, 0) is 16.4 Å². The fraction of sp³-hybridized carbons (Fsp3) is 0.400. The Hall–Kier alpha value is -1.84. The summed E-state index contributed by atoms with van der Waals surface area (Å²) in [4.78, 5) is 11.1. The molecule has 0 fully saturated rings. The number of carboxylic acid groups (broad SMARTS) is 1.